The molecule has 1 aromatic rings. The first-order chi connectivity index (χ1) is 7.15. The Morgan fingerprint density at radius 1 is 1.07 bits per heavy atom. The highest BCUT2D eigenvalue weighted by Crippen LogP contribution is 2.24. The van der Waals surface area contributed by atoms with E-state index in [9.17, 15) is 0 Å². The molecule has 0 amide bonds. The molecule has 0 fully saturated rings. The molecular formula is C13H20OS. The zero-order valence-corrected chi connectivity index (χ0v) is 10.7. The second-order valence-electron chi connectivity index (χ2n) is 4.01. The van der Waals surface area contributed by atoms with E-state index in [4.69, 9.17) is 4.74 Å². The Morgan fingerprint density at radius 2 is 1.67 bits per heavy atom. The fraction of sp³-hybridized carbons (Fsp3) is 0.538. The van der Waals surface area contributed by atoms with Crippen LogP contribution < -0.4 is 4.74 Å². The smallest absolute Gasteiger partial charge is 0.125 e. The number of aryl methyl sites for hydroxylation is 3. The Bertz CT molecular complexity index is 297. The number of benzene rings is 1. The summed E-state index contributed by atoms with van der Waals surface area (Å²) in [4.78, 5) is 0. The van der Waals surface area contributed by atoms with E-state index in [2.05, 4.69) is 45.5 Å². The third-order valence-electron chi connectivity index (χ3n) is 2.40. The second kappa shape index (κ2) is 6.06. The van der Waals surface area contributed by atoms with Gasteiger partial charge < -0.3 is 4.74 Å². The lowest BCUT2D eigenvalue weighted by molar-refractivity contribution is 0.306. The topological polar surface area (TPSA) is 9.23 Å². The number of thiol groups is 1. The highest BCUT2D eigenvalue weighted by molar-refractivity contribution is 7.80. The third-order valence-corrected chi connectivity index (χ3v) is 2.72. The number of unbranched alkanes of at least 4 members (excludes halogenated alkanes) is 1. The molecule has 0 aliphatic rings. The van der Waals surface area contributed by atoms with Gasteiger partial charge in [-0.05, 0) is 50.5 Å². The molecule has 0 radical (unpaired) electrons. The number of rotatable bonds is 5. The summed E-state index contributed by atoms with van der Waals surface area (Å²) in [6.45, 7) is 7.12. The molecule has 0 bridgehead atoms. The minimum atomic E-state index is 0.797. The summed E-state index contributed by atoms with van der Waals surface area (Å²) in [5, 5.41) is 0. The van der Waals surface area contributed by atoms with E-state index < -0.39 is 0 Å². The fourth-order valence-electron chi connectivity index (χ4n) is 1.78. The van der Waals surface area contributed by atoms with Gasteiger partial charge in [0.2, 0.25) is 0 Å². The molecule has 15 heavy (non-hydrogen) atoms. The Hall–Kier alpha value is -0.630. The SMILES string of the molecule is Cc1cc(C)c(OCCCCS)c(C)c1. The zero-order chi connectivity index (χ0) is 11.3. The molecule has 0 aliphatic carbocycles. The quantitative estimate of drug-likeness (QED) is 0.592. The molecule has 0 unspecified atom stereocenters. The van der Waals surface area contributed by atoms with Gasteiger partial charge in [-0.3, -0.25) is 0 Å². The Morgan fingerprint density at radius 3 is 2.20 bits per heavy atom. The van der Waals surface area contributed by atoms with Gasteiger partial charge in [-0.1, -0.05) is 17.7 Å². The van der Waals surface area contributed by atoms with Crippen molar-refractivity contribution in [1.29, 1.82) is 0 Å². The van der Waals surface area contributed by atoms with E-state index in [1.54, 1.807) is 0 Å². The minimum absolute atomic E-state index is 0.797. The second-order valence-corrected chi connectivity index (χ2v) is 4.45. The fourth-order valence-corrected chi connectivity index (χ4v) is 2.01. The average Bonchev–Trinajstić information content (AvgIpc) is 2.15. The normalized spacial score (nSPS) is 10.4. The minimum Gasteiger partial charge on any atom is -0.493 e. The molecule has 0 aromatic heterocycles. The van der Waals surface area contributed by atoms with Crippen molar-refractivity contribution < 1.29 is 4.74 Å². The Kier molecular flexibility index (Phi) is 5.03. The van der Waals surface area contributed by atoms with Crippen molar-refractivity contribution in [3.05, 3.63) is 28.8 Å². The highest BCUT2D eigenvalue weighted by Gasteiger charge is 2.04. The number of hydrogen-bond donors (Lipinski definition) is 1. The van der Waals surface area contributed by atoms with Crippen molar-refractivity contribution in [3.8, 4) is 5.75 Å². The Labute approximate surface area is 98.3 Å². The maximum Gasteiger partial charge on any atom is 0.125 e. The third kappa shape index (κ3) is 3.78. The van der Waals surface area contributed by atoms with E-state index in [-0.39, 0.29) is 0 Å². The maximum absolute atomic E-state index is 5.79. The van der Waals surface area contributed by atoms with Crippen molar-refractivity contribution in [3.63, 3.8) is 0 Å². The molecule has 1 aromatic carbocycles. The van der Waals surface area contributed by atoms with Crippen molar-refractivity contribution >= 4 is 12.6 Å². The van der Waals surface area contributed by atoms with Gasteiger partial charge in [-0.15, -0.1) is 0 Å². The van der Waals surface area contributed by atoms with Crippen LogP contribution in [0.1, 0.15) is 29.5 Å². The summed E-state index contributed by atoms with van der Waals surface area (Å²) >= 11 is 4.18. The van der Waals surface area contributed by atoms with Gasteiger partial charge in [0, 0.05) is 0 Å². The van der Waals surface area contributed by atoms with Crippen LogP contribution in [-0.4, -0.2) is 12.4 Å². The first kappa shape index (κ1) is 12.4. The van der Waals surface area contributed by atoms with Crippen LogP contribution >= 0.6 is 12.6 Å². The standard InChI is InChI=1S/C13H20OS/c1-10-8-11(2)13(12(3)9-10)14-6-4-5-7-15/h8-9,15H,4-7H2,1-3H3. The summed E-state index contributed by atoms with van der Waals surface area (Å²) in [5.74, 6) is 2.00. The van der Waals surface area contributed by atoms with Gasteiger partial charge in [-0.25, -0.2) is 0 Å². The molecule has 2 heteroatoms. The van der Waals surface area contributed by atoms with E-state index in [0.717, 1.165) is 31.0 Å². The number of ether oxygens (including phenoxy) is 1. The van der Waals surface area contributed by atoms with Crippen LogP contribution in [0.15, 0.2) is 12.1 Å². The summed E-state index contributed by atoms with van der Waals surface area (Å²) < 4.78 is 5.79. The average molecular weight is 224 g/mol. The lowest BCUT2D eigenvalue weighted by Crippen LogP contribution is -2.01. The Balaban J connectivity index is 2.60. The van der Waals surface area contributed by atoms with E-state index in [1.807, 2.05) is 0 Å². The van der Waals surface area contributed by atoms with Crippen molar-refractivity contribution in [2.24, 2.45) is 0 Å². The lowest BCUT2D eigenvalue weighted by Gasteiger charge is -2.12. The van der Waals surface area contributed by atoms with Gasteiger partial charge in [0.1, 0.15) is 5.75 Å². The van der Waals surface area contributed by atoms with Crippen LogP contribution in [0.5, 0.6) is 5.75 Å². The zero-order valence-electron chi connectivity index (χ0n) is 9.84. The summed E-state index contributed by atoms with van der Waals surface area (Å²) in [7, 11) is 0. The maximum atomic E-state index is 5.79. The van der Waals surface area contributed by atoms with E-state index in [1.165, 1.54) is 16.7 Å². The molecule has 1 nitrogen and oxygen atoms in total. The summed E-state index contributed by atoms with van der Waals surface area (Å²) in [6.07, 6.45) is 2.20. The summed E-state index contributed by atoms with van der Waals surface area (Å²) in [6, 6.07) is 4.34. The molecule has 0 atom stereocenters. The molecule has 0 saturated heterocycles. The molecule has 84 valence electrons. The van der Waals surface area contributed by atoms with Crippen LogP contribution in [-0.2, 0) is 0 Å². The van der Waals surface area contributed by atoms with Gasteiger partial charge in [0.25, 0.3) is 0 Å². The van der Waals surface area contributed by atoms with Crippen molar-refractivity contribution in [2.75, 3.05) is 12.4 Å². The van der Waals surface area contributed by atoms with Crippen LogP contribution in [0.3, 0.4) is 0 Å². The number of hydrogen-bond acceptors (Lipinski definition) is 2. The van der Waals surface area contributed by atoms with E-state index >= 15 is 0 Å². The molecule has 0 N–H and O–H groups in total. The van der Waals surface area contributed by atoms with Crippen molar-refractivity contribution in [2.45, 2.75) is 33.6 Å². The predicted molar refractivity (Wildman–Crippen MR) is 69.2 cm³/mol. The van der Waals surface area contributed by atoms with Crippen LogP contribution in [0.4, 0.5) is 0 Å². The largest absolute Gasteiger partial charge is 0.493 e. The molecule has 0 spiro atoms. The molecule has 0 heterocycles. The lowest BCUT2D eigenvalue weighted by atomic mass is 10.1. The summed E-state index contributed by atoms with van der Waals surface area (Å²) in [5.41, 5.74) is 3.77. The van der Waals surface area contributed by atoms with Gasteiger partial charge in [-0.2, -0.15) is 12.6 Å². The van der Waals surface area contributed by atoms with E-state index in [0.29, 0.717) is 0 Å². The molecular weight excluding hydrogens is 204 g/mol. The van der Waals surface area contributed by atoms with Crippen LogP contribution in [0, 0.1) is 20.8 Å². The van der Waals surface area contributed by atoms with Crippen LogP contribution in [0.25, 0.3) is 0 Å². The highest BCUT2D eigenvalue weighted by atomic mass is 32.1. The first-order valence-electron chi connectivity index (χ1n) is 5.46. The van der Waals surface area contributed by atoms with Gasteiger partial charge >= 0.3 is 0 Å². The monoisotopic (exact) mass is 224 g/mol. The molecule has 1 rings (SSSR count). The first-order valence-corrected chi connectivity index (χ1v) is 6.10. The van der Waals surface area contributed by atoms with Crippen molar-refractivity contribution in [1.82, 2.24) is 0 Å². The molecule has 0 aliphatic heterocycles. The van der Waals surface area contributed by atoms with Crippen LogP contribution in [0.2, 0.25) is 0 Å². The molecule has 0 saturated carbocycles. The van der Waals surface area contributed by atoms with Gasteiger partial charge in [0.15, 0.2) is 0 Å². The van der Waals surface area contributed by atoms with Gasteiger partial charge in [0.05, 0.1) is 6.61 Å². The predicted octanol–water partition coefficient (Wildman–Crippen LogP) is 3.70.